The first-order valence-electron chi connectivity index (χ1n) is 7.28. The van der Waals surface area contributed by atoms with Crippen molar-refractivity contribution in [1.29, 1.82) is 0 Å². The number of nitrogens with zero attached hydrogens (tertiary/aromatic N) is 1. The number of ketones is 1. The molecule has 2 rings (SSSR count). The standard InChI is InChI=1S/C17H21F2NO/c1-11(2)16-13(6-4-5-9-20(16)3)17(21)12-7-8-14(18)15(19)10-12/h4,6-8,10-11,13,16H,5,9H2,1-3H3. The molecule has 0 saturated carbocycles. The number of hydrogen-bond donors (Lipinski definition) is 0. The fraction of sp³-hybridized carbons (Fsp3) is 0.471. The summed E-state index contributed by atoms with van der Waals surface area (Å²) in [6.45, 7) is 5.04. The van der Waals surface area contributed by atoms with Gasteiger partial charge in [-0.15, -0.1) is 0 Å². The highest BCUT2D eigenvalue weighted by Gasteiger charge is 2.33. The fourth-order valence-electron chi connectivity index (χ4n) is 3.07. The van der Waals surface area contributed by atoms with Crippen LogP contribution in [0.2, 0.25) is 0 Å². The molecule has 1 aromatic carbocycles. The van der Waals surface area contributed by atoms with Gasteiger partial charge in [-0.25, -0.2) is 8.78 Å². The maximum absolute atomic E-state index is 13.4. The van der Waals surface area contributed by atoms with Crippen LogP contribution in [0.3, 0.4) is 0 Å². The third-order valence-corrected chi connectivity index (χ3v) is 4.06. The van der Waals surface area contributed by atoms with E-state index in [1.54, 1.807) is 0 Å². The Balaban J connectivity index is 2.35. The fourth-order valence-corrected chi connectivity index (χ4v) is 3.07. The van der Waals surface area contributed by atoms with Crippen molar-refractivity contribution in [2.75, 3.05) is 13.6 Å². The van der Waals surface area contributed by atoms with Crippen molar-refractivity contribution in [2.24, 2.45) is 11.8 Å². The zero-order valence-corrected chi connectivity index (χ0v) is 12.6. The van der Waals surface area contributed by atoms with Gasteiger partial charge >= 0.3 is 0 Å². The van der Waals surface area contributed by atoms with Crippen molar-refractivity contribution < 1.29 is 13.6 Å². The van der Waals surface area contributed by atoms with E-state index in [1.165, 1.54) is 6.07 Å². The zero-order chi connectivity index (χ0) is 15.6. The minimum Gasteiger partial charge on any atom is -0.302 e. The van der Waals surface area contributed by atoms with Crippen molar-refractivity contribution >= 4 is 5.78 Å². The minimum absolute atomic E-state index is 0.0596. The smallest absolute Gasteiger partial charge is 0.171 e. The van der Waals surface area contributed by atoms with Crippen LogP contribution in [0.4, 0.5) is 8.78 Å². The van der Waals surface area contributed by atoms with Crippen LogP contribution >= 0.6 is 0 Å². The first-order valence-corrected chi connectivity index (χ1v) is 7.28. The Bertz CT molecular complexity index is 554. The lowest BCUT2D eigenvalue weighted by molar-refractivity contribution is 0.0819. The molecule has 1 aromatic rings. The highest BCUT2D eigenvalue weighted by Crippen LogP contribution is 2.27. The van der Waals surface area contributed by atoms with Crippen LogP contribution in [-0.2, 0) is 0 Å². The molecule has 0 aliphatic carbocycles. The van der Waals surface area contributed by atoms with Crippen LogP contribution in [0.5, 0.6) is 0 Å². The second-order valence-corrected chi connectivity index (χ2v) is 5.95. The normalized spacial score (nSPS) is 23.3. The Morgan fingerprint density at radius 2 is 2.00 bits per heavy atom. The lowest BCUT2D eigenvalue weighted by atomic mass is 9.84. The molecule has 1 aliphatic heterocycles. The van der Waals surface area contributed by atoms with Gasteiger partial charge in [0.05, 0.1) is 5.92 Å². The molecule has 2 nitrogen and oxygen atoms in total. The number of carbonyl (C=O) groups excluding carboxylic acids is 1. The summed E-state index contributed by atoms with van der Waals surface area (Å²) in [5, 5.41) is 0. The van der Waals surface area contributed by atoms with Crippen LogP contribution in [0.25, 0.3) is 0 Å². The SMILES string of the molecule is CC(C)C1C(C(=O)c2ccc(F)c(F)c2)C=CCCN1C. The van der Waals surface area contributed by atoms with E-state index in [9.17, 15) is 13.6 Å². The van der Waals surface area contributed by atoms with Gasteiger partial charge in [-0.1, -0.05) is 26.0 Å². The van der Waals surface area contributed by atoms with Gasteiger partial charge in [-0.05, 0) is 37.6 Å². The number of Topliss-reactive ketones (excluding diaryl/α,β-unsaturated/α-hetero) is 1. The number of carbonyl (C=O) groups is 1. The van der Waals surface area contributed by atoms with E-state index in [4.69, 9.17) is 0 Å². The Labute approximate surface area is 124 Å². The predicted molar refractivity (Wildman–Crippen MR) is 79.2 cm³/mol. The average Bonchev–Trinajstić information content (AvgIpc) is 2.62. The molecule has 4 heteroatoms. The molecule has 0 spiro atoms. The van der Waals surface area contributed by atoms with Crippen molar-refractivity contribution in [2.45, 2.75) is 26.3 Å². The van der Waals surface area contributed by atoms with E-state index >= 15 is 0 Å². The summed E-state index contributed by atoms with van der Waals surface area (Å²) >= 11 is 0. The summed E-state index contributed by atoms with van der Waals surface area (Å²) < 4.78 is 26.4. The lowest BCUT2D eigenvalue weighted by Crippen LogP contribution is -2.43. The molecule has 2 unspecified atom stereocenters. The molecule has 114 valence electrons. The highest BCUT2D eigenvalue weighted by atomic mass is 19.2. The summed E-state index contributed by atoms with van der Waals surface area (Å²) in [6, 6.07) is 3.42. The molecule has 0 fully saturated rings. The van der Waals surface area contributed by atoms with Crippen LogP contribution in [0.15, 0.2) is 30.4 Å². The molecule has 0 bridgehead atoms. The van der Waals surface area contributed by atoms with Gasteiger partial charge in [0, 0.05) is 18.2 Å². The average molecular weight is 293 g/mol. The van der Waals surface area contributed by atoms with Crippen molar-refractivity contribution in [1.82, 2.24) is 4.90 Å². The third kappa shape index (κ3) is 3.38. The van der Waals surface area contributed by atoms with Crippen molar-refractivity contribution in [3.8, 4) is 0 Å². The molecule has 0 N–H and O–H groups in total. The van der Waals surface area contributed by atoms with E-state index in [-0.39, 0.29) is 29.2 Å². The maximum atomic E-state index is 13.4. The van der Waals surface area contributed by atoms with E-state index < -0.39 is 11.6 Å². The van der Waals surface area contributed by atoms with E-state index in [0.717, 1.165) is 25.1 Å². The van der Waals surface area contributed by atoms with Gasteiger partial charge in [-0.2, -0.15) is 0 Å². The molecule has 0 saturated heterocycles. The Morgan fingerprint density at radius 3 is 2.62 bits per heavy atom. The molecular weight excluding hydrogens is 272 g/mol. The Kier molecular flexibility index (Phi) is 4.88. The van der Waals surface area contributed by atoms with Crippen molar-refractivity contribution in [3.05, 3.63) is 47.5 Å². The molecule has 0 radical (unpaired) electrons. The van der Waals surface area contributed by atoms with E-state index in [0.29, 0.717) is 0 Å². The van der Waals surface area contributed by atoms with Crippen LogP contribution in [-0.4, -0.2) is 30.3 Å². The van der Waals surface area contributed by atoms with Crippen molar-refractivity contribution in [3.63, 3.8) is 0 Å². The lowest BCUT2D eigenvalue weighted by Gasteiger charge is -2.34. The number of rotatable bonds is 3. The number of benzene rings is 1. The molecular formula is C17H21F2NO. The summed E-state index contributed by atoms with van der Waals surface area (Å²) in [5.41, 5.74) is 0.226. The Hall–Kier alpha value is -1.55. The second-order valence-electron chi connectivity index (χ2n) is 5.95. The second kappa shape index (κ2) is 6.48. The minimum atomic E-state index is -0.979. The van der Waals surface area contributed by atoms with Gasteiger partial charge in [-0.3, -0.25) is 4.79 Å². The molecule has 2 atom stereocenters. The zero-order valence-electron chi connectivity index (χ0n) is 12.6. The molecule has 21 heavy (non-hydrogen) atoms. The van der Waals surface area contributed by atoms with Crippen LogP contribution < -0.4 is 0 Å². The van der Waals surface area contributed by atoms with Gasteiger partial charge in [0.1, 0.15) is 0 Å². The molecule has 1 aliphatic rings. The number of halogens is 2. The largest absolute Gasteiger partial charge is 0.302 e. The predicted octanol–water partition coefficient (Wildman–Crippen LogP) is 3.68. The summed E-state index contributed by atoms with van der Waals surface area (Å²) in [4.78, 5) is 14.9. The first-order chi connectivity index (χ1) is 9.91. The quantitative estimate of drug-likeness (QED) is 0.626. The van der Waals surface area contributed by atoms with Crippen LogP contribution in [0.1, 0.15) is 30.6 Å². The highest BCUT2D eigenvalue weighted by molar-refractivity contribution is 5.99. The van der Waals surface area contributed by atoms with Gasteiger partial charge in [0.25, 0.3) is 0 Å². The maximum Gasteiger partial charge on any atom is 0.171 e. The molecule has 1 heterocycles. The number of hydrogen-bond acceptors (Lipinski definition) is 2. The van der Waals surface area contributed by atoms with Crippen LogP contribution in [0, 0.1) is 23.5 Å². The van der Waals surface area contributed by atoms with E-state index in [2.05, 4.69) is 18.7 Å². The third-order valence-electron chi connectivity index (χ3n) is 4.06. The van der Waals surface area contributed by atoms with Gasteiger partial charge in [0.2, 0.25) is 0 Å². The van der Waals surface area contributed by atoms with Gasteiger partial charge < -0.3 is 4.90 Å². The topological polar surface area (TPSA) is 20.3 Å². The summed E-state index contributed by atoms with van der Waals surface area (Å²) in [7, 11) is 2.00. The Morgan fingerprint density at radius 1 is 1.29 bits per heavy atom. The molecule has 0 amide bonds. The van der Waals surface area contributed by atoms with E-state index in [1.807, 2.05) is 19.2 Å². The van der Waals surface area contributed by atoms with Gasteiger partial charge in [0.15, 0.2) is 17.4 Å². The first kappa shape index (κ1) is 15.8. The monoisotopic (exact) mass is 293 g/mol. The summed E-state index contributed by atoms with van der Waals surface area (Å²) in [5.74, 6) is -2.11. The molecule has 0 aromatic heterocycles. The summed E-state index contributed by atoms with van der Waals surface area (Å²) in [6.07, 6.45) is 4.81.